The number of nitrogens with two attached hydrogens (primary N) is 1. The number of halogens is 1. The zero-order valence-electron chi connectivity index (χ0n) is 20.5. The average molecular weight is 609 g/mol. The molecule has 4 aromatic rings. The zero-order chi connectivity index (χ0) is 26.1. The van der Waals surface area contributed by atoms with E-state index in [9.17, 15) is 9.90 Å². The van der Waals surface area contributed by atoms with Gasteiger partial charge in [-0.3, -0.25) is 10.1 Å². The molecule has 0 aliphatic carbocycles. The lowest BCUT2D eigenvalue weighted by Gasteiger charge is -2.21. The predicted molar refractivity (Wildman–Crippen MR) is 152 cm³/mol. The number of carbonyl (C=O) groups is 1. The number of carbonyl (C=O) groups excluding carboxylic acids is 1. The number of hydrogen-bond donors (Lipinski definition) is 4. The lowest BCUT2D eigenvalue weighted by atomic mass is 10.0. The number of methoxy groups -OCH3 is 1. The summed E-state index contributed by atoms with van der Waals surface area (Å²) in [5.74, 6) is 0.702. The van der Waals surface area contributed by atoms with Gasteiger partial charge in [0.15, 0.2) is 0 Å². The van der Waals surface area contributed by atoms with Gasteiger partial charge in [-0.05, 0) is 71.3 Å². The Bertz CT molecular complexity index is 1450. The van der Waals surface area contributed by atoms with Crippen LogP contribution in [0.25, 0.3) is 11.3 Å². The molecule has 1 aliphatic heterocycles. The fourth-order valence-electron chi connectivity index (χ4n) is 4.68. The van der Waals surface area contributed by atoms with Gasteiger partial charge in [-0.15, -0.1) is 0 Å². The quantitative estimate of drug-likeness (QED) is 0.175. The predicted octanol–water partition coefficient (Wildman–Crippen LogP) is 4.90. The van der Waals surface area contributed by atoms with Crippen LogP contribution in [0.1, 0.15) is 46.2 Å². The number of aromatic nitrogens is 2. The fraction of sp³-hybridized carbons (Fsp3) is 0.214. The second kappa shape index (κ2) is 10.5. The fourth-order valence-corrected chi connectivity index (χ4v) is 5.23. The second-order valence-corrected chi connectivity index (χ2v) is 10.2. The maximum Gasteiger partial charge on any atom is 0.254 e. The monoisotopic (exact) mass is 609 g/mol. The SMILES string of the molecule is COc1ccccc1C(O)N[C@H](C)c1ccc(-c2nn3c(c2C(N)=O)Nc2ccc(I)cc2CC3)cc1. The summed E-state index contributed by atoms with van der Waals surface area (Å²) in [5.41, 5.74) is 11.3. The summed E-state index contributed by atoms with van der Waals surface area (Å²) >= 11 is 2.30. The number of nitrogens with zero attached hydrogens (tertiary/aromatic N) is 2. The molecule has 37 heavy (non-hydrogen) atoms. The molecule has 0 bridgehead atoms. The maximum absolute atomic E-state index is 12.6. The van der Waals surface area contributed by atoms with E-state index in [1.54, 1.807) is 7.11 Å². The van der Waals surface area contributed by atoms with Crippen LogP contribution in [0.15, 0.2) is 66.7 Å². The van der Waals surface area contributed by atoms with Gasteiger partial charge in [-0.2, -0.15) is 5.10 Å². The van der Waals surface area contributed by atoms with Crippen molar-refractivity contribution >= 4 is 40.0 Å². The van der Waals surface area contributed by atoms with E-state index in [2.05, 4.69) is 39.3 Å². The first-order chi connectivity index (χ1) is 17.9. The number of ether oxygens (including phenoxy) is 1. The first-order valence-corrected chi connectivity index (χ1v) is 13.1. The van der Waals surface area contributed by atoms with Crippen molar-refractivity contribution in [3.63, 3.8) is 0 Å². The van der Waals surface area contributed by atoms with E-state index in [0.29, 0.717) is 34.9 Å². The molecule has 190 valence electrons. The normalized spacial score (nSPS) is 14.1. The largest absolute Gasteiger partial charge is 0.496 e. The maximum atomic E-state index is 12.6. The Morgan fingerprint density at radius 2 is 1.95 bits per heavy atom. The average Bonchev–Trinajstić information content (AvgIpc) is 3.17. The van der Waals surface area contributed by atoms with Gasteiger partial charge in [0.2, 0.25) is 0 Å². The van der Waals surface area contributed by atoms with Gasteiger partial charge in [0, 0.05) is 33.0 Å². The lowest BCUT2D eigenvalue weighted by molar-refractivity contribution is 0.100. The van der Waals surface area contributed by atoms with E-state index >= 15 is 0 Å². The Morgan fingerprint density at radius 3 is 2.68 bits per heavy atom. The number of primary amides is 1. The summed E-state index contributed by atoms with van der Waals surface area (Å²) in [6.07, 6.45) is -0.101. The van der Waals surface area contributed by atoms with Crippen LogP contribution < -0.4 is 21.1 Å². The van der Waals surface area contributed by atoms with Crippen molar-refractivity contribution in [1.29, 1.82) is 0 Å². The van der Waals surface area contributed by atoms with Crippen LogP contribution in [0, 0.1) is 3.57 Å². The number of benzene rings is 3. The Balaban J connectivity index is 1.40. The molecule has 0 fully saturated rings. The topological polar surface area (TPSA) is 114 Å². The highest BCUT2D eigenvalue weighted by Gasteiger charge is 2.26. The van der Waals surface area contributed by atoms with Crippen molar-refractivity contribution < 1.29 is 14.6 Å². The van der Waals surface area contributed by atoms with E-state index in [-0.39, 0.29) is 6.04 Å². The number of nitrogens with one attached hydrogen (secondary N) is 2. The Hall–Kier alpha value is -3.41. The minimum Gasteiger partial charge on any atom is -0.496 e. The van der Waals surface area contributed by atoms with E-state index in [4.69, 9.17) is 15.6 Å². The highest BCUT2D eigenvalue weighted by atomic mass is 127. The van der Waals surface area contributed by atoms with Gasteiger partial charge in [0.25, 0.3) is 5.91 Å². The summed E-state index contributed by atoms with van der Waals surface area (Å²) in [5, 5.41) is 22.1. The van der Waals surface area contributed by atoms with Crippen molar-refractivity contribution in [2.45, 2.75) is 32.2 Å². The van der Waals surface area contributed by atoms with Crippen LogP contribution in [0.4, 0.5) is 11.5 Å². The molecule has 8 nitrogen and oxygen atoms in total. The molecule has 1 amide bonds. The molecular formula is C28H28IN5O3. The molecule has 1 aromatic heterocycles. The molecule has 0 spiro atoms. The van der Waals surface area contributed by atoms with Crippen LogP contribution in [0.5, 0.6) is 5.75 Å². The Morgan fingerprint density at radius 1 is 1.19 bits per heavy atom. The van der Waals surface area contributed by atoms with Gasteiger partial charge < -0.3 is 20.9 Å². The molecular weight excluding hydrogens is 581 g/mol. The van der Waals surface area contributed by atoms with Gasteiger partial charge in [0.05, 0.1) is 7.11 Å². The van der Waals surface area contributed by atoms with Crippen LogP contribution in [-0.4, -0.2) is 27.9 Å². The molecule has 0 saturated carbocycles. The molecule has 0 radical (unpaired) electrons. The Labute approximate surface area is 229 Å². The number of aryl methyl sites for hydroxylation is 2. The van der Waals surface area contributed by atoms with Crippen molar-refractivity contribution in [3.05, 3.63) is 92.6 Å². The first kappa shape index (κ1) is 25.2. The molecule has 1 aliphatic rings. The summed E-state index contributed by atoms with van der Waals surface area (Å²) in [6, 6.07) is 21.2. The second-order valence-electron chi connectivity index (χ2n) is 8.99. The first-order valence-electron chi connectivity index (χ1n) is 12.0. The van der Waals surface area contributed by atoms with E-state index in [1.165, 1.54) is 5.56 Å². The number of anilines is 2. The molecule has 3 aromatic carbocycles. The van der Waals surface area contributed by atoms with Crippen molar-refractivity contribution in [2.24, 2.45) is 5.73 Å². The molecule has 9 heteroatoms. The van der Waals surface area contributed by atoms with Gasteiger partial charge in [-0.25, -0.2) is 4.68 Å². The van der Waals surface area contributed by atoms with Crippen LogP contribution in [-0.2, 0) is 13.0 Å². The third-order valence-corrected chi connectivity index (χ3v) is 7.31. The molecule has 0 saturated heterocycles. The van der Waals surface area contributed by atoms with Gasteiger partial charge in [0.1, 0.15) is 29.1 Å². The highest BCUT2D eigenvalue weighted by Crippen LogP contribution is 2.35. The molecule has 5 N–H and O–H groups in total. The minimum absolute atomic E-state index is 0.149. The summed E-state index contributed by atoms with van der Waals surface area (Å²) in [7, 11) is 1.58. The van der Waals surface area contributed by atoms with E-state index in [1.807, 2.05) is 72.3 Å². The number of amides is 1. The van der Waals surface area contributed by atoms with Crippen molar-refractivity contribution in [2.75, 3.05) is 12.4 Å². The standard InChI is InChI=1S/C28H28IN5O3/c1-16(31-28(36)21-5-3-4-6-23(21)37-2)17-7-9-18(10-8-17)25-24(26(30)35)27-32-22-12-11-20(29)15-19(22)13-14-34(27)33-25/h3-12,15-16,28,31-32,36H,13-14H2,1-2H3,(H2,30,35)/t16-,28?/m1/s1. The number of aliphatic hydroxyl groups is 1. The summed E-state index contributed by atoms with van der Waals surface area (Å²) in [6.45, 7) is 2.61. The number of fused-ring (bicyclic) bond motifs is 2. The number of rotatable bonds is 7. The third-order valence-electron chi connectivity index (χ3n) is 6.64. The minimum atomic E-state index is -0.895. The van der Waals surface area contributed by atoms with Gasteiger partial charge >= 0.3 is 0 Å². The number of hydrogen-bond acceptors (Lipinski definition) is 6. The Kier molecular flexibility index (Phi) is 7.18. The number of aliphatic hydroxyl groups excluding tert-OH is 1. The van der Waals surface area contributed by atoms with Crippen molar-refractivity contribution in [3.8, 4) is 17.0 Å². The zero-order valence-corrected chi connectivity index (χ0v) is 22.7. The molecule has 2 atom stereocenters. The molecule has 1 unspecified atom stereocenters. The molecule has 5 rings (SSSR count). The number of para-hydroxylation sites is 1. The summed E-state index contributed by atoms with van der Waals surface area (Å²) in [4.78, 5) is 12.6. The highest BCUT2D eigenvalue weighted by molar-refractivity contribution is 14.1. The lowest BCUT2D eigenvalue weighted by Crippen LogP contribution is -2.24. The van der Waals surface area contributed by atoms with Crippen LogP contribution >= 0.6 is 22.6 Å². The van der Waals surface area contributed by atoms with Gasteiger partial charge in [-0.1, -0.05) is 42.5 Å². The van der Waals surface area contributed by atoms with E-state index < -0.39 is 12.1 Å². The smallest absolute Gasteiger partial charge is 0.254 e. The van der Waals surface area contributed by atoms with Crippen LogP contribution in [0.3, 0.4) is 0 Å². The summed E-state index contributed by atoms with van der Waals surface area (Å²) < 4.78 is 8.35. The molecule has 2 heterocycles. The van der Waals surface area contributed by atoms with E-state index in [0.717, 1.165) is 26.8 Å². The third kappa shape index (κ3) is 5.07. The van der Waals surface area contributed by atoms with Crippen molar-refractivity contribution in [1.82, 2.24) is 15.1 Å². The van der Waals surface area contributed by atoms with Crippen LogP contribution in [0.2, 0.25) is 0 Å².